The van der Waals surface area contributed by atoms with E-state index >= 15 is 0 Å². The summed E-state index contributed by atoms with van der Waals surface area (Å²) in [6.07, 6.45) is 0.659. The van der Waals surface area contributed by atoms with Crippen molar-refractivity contribution in [1.29, 1.82) is 10.5 Å². The maximum absolute atomic E-state index is 8.91. The van der Waals surface area contributed by atoms with Gasteiger partial charge in [0.15, 0.2) is 6.10 Å². The lowest BCUT2D eigenvalue weighted by Crippen LogP contribution is -2.23. The second-order valence-electron chi connectivity index (χ2n) is 3.93. The minimum absolute atomic E-state index is 0.0780. The molecule has 0 bridgehead atoms. The molecule has 0 N–H and O–H groups in total. The molecule has 1 fully saturated rings. The van der Waals surface area contributed by atoms with Crippen LogP contribution in [0, 0.1) is 22.7 Å². The summed E-state index contributed by atoms with van der Waals surface area (Å²) in [5, 5.41) is 19.3. The lowest BCUT2D eigenvalue weighted by molar-refractivity contribution is -0.148. The van der Waals surface area contributed by atoms with Gasteiger partial charge in [0.05, 0.1) is 24.6 Å². The third-order valence-corrected chi connectivity index (χ3v) is 2.82. The maximum Gasteiger partial charge on any atom is 0.167 e. The Morgan fingerprint density at radius 3 is 2.71 bits per heavy atom. The van der Waals surface area contributed by atoms with Crippen LogP contribution in [0.25, 0.3) is 0 Å². The van der Waals surface area contributed by atoms with Crippen LogP contribution in [0.5, 0.6) is 0 Å². The second kappa shape index (κ2) is 5.45. The molecule has 1 aliphatic heterocycles. The maximum atomic E-state index is 8.91. The fourth-order valence-electron chi connectivity index (χ4n) is 2.02. The molecule has 0 spiro atoms. The van der Waals surface area contributed by atoms with Crippen LogP contribution in [-0.4, -0.2) is 17.7 Å². The molecule has 2 rings (SSSR count). The predicted octanol–water partition coefficient (Wildman–Crippen LogP) is 2.17. The van der Waals surface area contributed by atoms with Gasteiger partial charge in [0.2, 0.25) is 0 Å². The van der Waals surface area contributed by atoms with E-state index < -0.39 is 6.10 Å². The van der Waals surface area contributed by atoms with Crippen LogP contribution < -0.4 is 0 Å². The molecule has 0 unspecified atom stereocenters. The molecule has 0 aromatic heterocycles. The topological polar surface area (TPSA) is 60.1 Å². The predicted molar refractivity (Wildman–Crippen MR) is 61.2 cm³/mol. The third kappa shape index (κ3) is 2.62. The quantitative estimate of drug-likeness (QED) is 0.794. The SMILES string of the molecule is N#CCCN1O[C@H](C#N)C[C@H]1c1ccccc1. The number of nitriles is 2. The van der Waals surface area contributed by atoms with Crippen molar-refractivity contribution in [3.8, 4) is 12.1 Å². The van der Waals surface area contributed by atoms with E-state index in [-0.39, 0.29) is 6.04 Å². The first kappa shape index (κ1) is 11.6. The van der Waals surface area contributed by atoms with E-state index in [9.17, 15) is 0 Å². The molecule has 4 nitrogen and oxygen atoms in total. The van der Waals surface area contributed by atoms with Crippen molar-refractivity contribution in [3.05, 3.63) is 35.9 Å². The molecule has 0 radical (unpaired) electrons. The fourth-order valence-corrected chi connectivity index (χ4v) is 2.02. The number of benzene rings is 1. The number of nitrogens with zero attached hydrogens (tertiary/aromatic N) is 3. The average Bonchev–Trinajstić information content (AvgIpc) is 2.80. The van der Waals surface area contributed by atoms with Crippen molar-refractivity contribution in [2.45, 2.75) is 25.0 Å². The van der Waals surface area contributed by atoms with Gasteiger partial charge in [-0.15, -0.1) is 0 Å². The molecular weight excluding hydrogens is 214 g/mol. The highest BCUT2D eigenvalue weighted by Crippen LogP contribution is 2.33. The van der Waals surface area contributed by atoms with Gasteiger partial charge in [0.25, 0.3) is 0 Å². The van der Waals surface area contributed by atoms with Crippen molar-refractivity contribution in [1.82, 2.24) is 5.06 Å². The highest BCUT2D eigenvalue weighted by Gasteiger charge is 2.33. The van der Waals surface area contributed by atoms with Gasteiger partial charge in [-0.1, -0.05) is 30.3 Å². The number of hydrogen-bond donors (Lipinski definition) is 0. The molecule has 2 atom stereocenters. The summed E-state index contributed by atoms with van der Waals surface area (Å²) in [5.74, 6) is 0. The van der Waals surface area contributed by atoms with Gasteiger partial charge in [-0.3, -0.25) is 4.84 Å². The van der Waals surface area contributed by atoms with Crippen molar-refractivity contribution in [2.24, 2.45) is 0 Å². The Kier molecular flexibility index (Phi) is 3.72. The molecule has 4 heteroatoms. The highest BCUT2D eigenvalue weighted by atomic mass is 16.7. The lowest BCUT2D eigenvalue weighted by Gasteiger charge is -2.21. The van der Waals surface area contributed by atoms with Crippen molar-refractivity contribution < 1.29 is 4.84 Å². The number of rotatable bonds is 3. The van der Waals surface area contributed by atoms with Crippen LogP contribution in [0.1, 0.15) is 24.4 Å². The van der Waals surface area contributed by atoms with Crippen molar-refractivity contribution in [3.63, 3.8) is 0 Å². The Hall–Kier alpha value is -1.88. The normalized spacial score (nSPS) is 24.1. The van der Waals surface area contributed by atoms with E-state index in [1.165, 1.54) is 0 Å². The zero-order valence-electron chi connectivity index (χ0n) is 9.41. The van der Waals surface area contributed by atoms with Gasteiger partial charge in [-0.2, -0.15) is 15.6 Å². The molecule has 1 heterocycles. The fraction of sp³-hybridized carbons (Fsp3) is 0.385. The monoisotopic (exact) mass is 227 g/mol. The average molecular weight is 227 g/mol. The summed E-state index contributed by atoms with van der Waals surface area (Å²) < 4.78 is 0. The first-order chi connectivity index (χ1) is 8.35. The summed E-state index contributed by atoms with van der Waals surface area (Å²) in [7, 11) is 0. The zero-order chi connectivity index (χ0) is 12.1. The molecule has 0 saturated carbocycles. The number of hydrogen-bond acceptors (Lipinski definition) is 4. The number of hydroxylamine groups is 2. The Labute approximate surface area is 101 Å². The lowest BCUT2D eigenvalue weighted by atomic mass is 10.0. The van der Waals surface area contributed by atoms with Crippen LogP contribution in [0.15, 0.2) is 30.3 Å². The Morgan fingerprint density at radius 2 is 2.06 bits per heavy atom. The minimum Gasteiger partial charge on any atom is -0.280 e. The van der Waals surface area contributed by atoms with E-state index in [0.717, 1.165) is 5.56 Å². The van der Waals surface area contributed by atoms with E-state index in [0.29, 0.717) is 19.4 Å². The van der Waals surface area contributed by atoms with Crippen molar-refractivity contribution >= 4 is 0 Å². The summed E-state index contributed by atoms with van der Waals surface area (Å²) in [5.41, 5.74) is 1.13. The van der Waals surface area contributed by atoms with Crippen LogP contribution in [0.4, 0.5) is 0 Å². The van der Waals surface area contributed by atoms with Crippen LogP contribution in [0.2, 0.25) is 0 Å². The molecule has 1 saturated heterocycles. The summed E-state index contributed by atoms with van der Waals surface area (Å²) in [6, 6.07) is 14.2. The van der Waals surface area contributed by atoms with E-state index in [1.807, 2.05) is 30.3 Å². The largest absolute Gasteiger partial charge is 0.280 e. The van der Waals surface area contributed by atoms with Crippen LogP contribution in [0.3, 0.4) is 0 Å². The molecule has 86 valence electrons. The van der Waals surface area contributed by atoms with Gasteiger partial charge in [-0.05, 0) is 5.56 Å². The summed E-state index contributed by atoms with van der Waals surface area (Å²) >= 11 is 0. The van der Waals surface area contributed by atoms with Gasteiger partial charge in [0, 0.05) is 13.0 Å². The van der Waals surface area contributed by atoms with Crippen molar-refractivity contribution in [2.75, 3.05) is 6.54 Å². The molecule has 17 heavy (non-hydrogen) atoms. The minimum atomic E-state index is -0.404. The zero-order valence-corrected chi connectivity index (χ0v) is 9.41. The molecule has 1 aliphatic rings. The summed E-state index contributed by atoms with van der Waals surface area (Å²) in [4.78, 5) is 5.50. The van der Waals surface area contributed by atoms with Crippen LogP contribution in [-0.2, 0) is 4.84 Å². The molecular formula is C13H13N3O. The van der Waals surface area contributed by atoms with Gasteiger partial charge in [0.1, 0.15) is 0 Å². The molecule has 1 aromatic rings. The van der Waals surface area contributed by atoms with E-state index in [4.69, 9.17) is 15.4 Å². The van der Waals surface area contributed by atoms with Gasteiger partial charge in [-0.25, -0.2) is 0 Å². The first-order valence-electron chi connectivity index (χ1n) is 5.60. The second-order valence-corrected chi connectivity index (χ2v) is 3.93. The Balaban J connectivity index is 2.14. The third-order valence-electron chi connectivity index (χ3n) is 2.82. The smallest absolute Gasteiger partial charge is 0.167 e. The summed E-state index contributed by atoms with van der Waals surface area (Å²) in [6.45, 7) is 0.536. The van der Waals surface area contributed by atoms with E-state index in [1.54, 1.807) is 5.06 Å². The highest BCUT2D eigenvalue weighted by molar-refractivity contribution is 5.20. The standard InChI is InChI=1S/C13H13N3O/c14-7-4-8-16-13(9-12(10-15)17-16)11-5-2-1-3-6-11/h1-3,5-6,12-13H,4,8-9H2/t12-,13-/m0/s1. The molecule has 0 amide bonds. The van der Waals surface area contributed by atoms with E-state index in [2.05, 4.69) is 12.1 Å². The molecule has 0 aliphatic carbocycles. The Morgan fingerprint density at radius 1 is 1.29 bits per heavy atom. The van der Waals surface area contributed by atoms with Gasteiger partial charge < -0.3 is 0 Å². The van der Waals surface area contributed by atoms with Gasteiger partial charge >= 0.3 is 0 Å². The van der Waals surface area contributed by atoms with Crippen LogP contribution >= 0.6 is 0 Å². The Bertz CT molecular complexity index is 446. The molecule has 1 aromatic carbocycles. The first-order valence-corrected chi connectivity index (χ1v) is 5.60.